The third-order valence-electron chi connectivity index (χ3n) is 4.90. The molecule has 1 aliphatic heterocycles. The zero-order valence-corrected chi connectivity index (χ0v) is 18.4. The highest BCUT2D eigenvalue weighted by atomic mass is 32.2. The molecule has 2 aromatic rings. The fourth-order valence-corrected chi connectivity index (χ4v) is 4.74. The van der Waals surface area contributed by atoms with E-state index < -0.39 is 27.9 Å². The van der Waals surface area contributed by atoms with E-state index in [1.807, 2.05) is 30.3 Å². The summed E-state index contributed by atoms with van der Waals surface area (Å²) in [5.74, 6) is -1.56. The van der Waals surface area contributed by atoms with Crippen LogP contribution in [0.3, 0.4) is 0 Å². The van der Waals surface area contributed by atoms with E-state index >= 15 is 0 Å². The van der Waals surface area contributed by atoms with Crippen molar-refractivity contribution in [1.82, 2.24) is 14.9 Å². The van der Waals surface area contributed by atoms with Crippen molar-refractivity contribution in [2.45, 2.75) is 24.3 Å². The molecule has 1 heterocycles. The van der Waals surface area contributed by atoms with Gasteiger partial charge in [0.25, 0.3) is 5.91 Å². The molecule has 1 atom stereocenters. The second-order valence-electron chi connectivity index (χ2n) is 7.18. The summed E-state index contributed by atoms with van der Waals surface area (Å²) in [6, 6.07) is 13.7. The van der Waals surface area contributed by atoms with Gasteiger partial charge in [0.2, 0.25) is 15.9 Å². The second-order valence-corrected chi connectivity index (χ2v) is 9.12. The number of amides is 2. The summed E-state index contributed by atoms with van der Waals surface area (Å²) < 4.78 is 32.0. The van der Waals surface area contributed by atoms with Gasteiger partial charge in [-0.25, -0.2) is 13.2 Å². The Morgan fingerprint density at radius 1 is 1.16 bits per heavy atom. The van der Waals surface area contributed by atoms with Crippen LogP contribution in [0.1, 0.15) is 22.8 Å². The predicted molar refractivity (Wildman–Crippen MR) is 116 cm³/mol. The van der Waals surface area contributed by atoms with Gasteiger partial charge in [-0.2, -0.15) is 4.31 Å². The Bertz CT molecular complexity index is 1090. The number of piperazine rings is 1. The van der Waals surface area contributed by atoms with E-state index in [4.69, 9.17) is 4.74 Å². The second kappa shape index (κ2) is 10.4. The summed E-state index contributed by atoms with van der Waals surface area (Å²) in [4.78, 5) is 36.8. The van der Waals surface area contributed by atoms with E-state index in [0.717, 1.165) is 9.87 Å². The van der Waals surface area contributed by atoms with Crippen LogP contribution in [0, 0.1) is 0 Å². The summed E-state index contributed by atoms with van der Waals surface area (Å²) in [6.45, 7) is 1.93. The molecule has 9 nitrogen and oxygen atoms in total. The molecule has 3 rings (SSSR count). The first-order chi connectivity index (χ1) is 15.3. The topological polar surface area (TPSA) is 122 Å². The summed E-state index contributed by atoms with van der Waals surface area (Å²) >= 11 is 0. The van der Waals surface area contributed by atoms with Crippen molar-refractivity contribution in [3.63, 3.8) is 0 Å². The molecular weight excluding hydrogens is 434 g/mol. The van der Waals surface area contributed by atoms with Gasteiger partial charge in [0.1, 0.15) is 6.04 Å². The normalized spacial score (nSPS) is 15.5. The maximum Gasteiger partial charge on any atom is 0.328 e. The van der Waals surface area contributed by atoms with E-state index in [1.54, 1.807) is 6.92 Å². The Morgan fingerprint density at radius 3 is 2.59 bits per heavy atom. The van der Waals surface area contributed by atoms with Gasteiger partial charge < -0.3 is 15.4 Å². The van der Waals surface area contributed by atoms with Gasteiger partial charge in [-0.1, -0.05) is 36.4 Å². The monoisotopic (exact) mass is 459 g/mol. The SMILES string of the molecule is CCOC(=O)C(Cc1ccccc1)NC(=O)c1cccc(S(=O)(=O)N2CCNC(=O)C2)c1. The van der Waals surface area contributed by atoms with Crippen molar-refractivity contribution >= 4 is 27.8 Å². The number of benzene rings is 2. The summed E-state index contributed by atoms with van der Waals surface area (Å²) in [7, 11) is -3.95. The Labute approximate surface area is 186 Å². The zero-order chi connectivity index (χ0) is 23.1. The fraction of sp³-hybridized carbons (Fsp3) is 0.318. The molecule has 0 spiro atoms. The third-order valence-corrected chi connectivity index (χ3v) is 6.74. The molecule has 2 amide bonds. The van der Waals surface area contributed by atoms with Crippen molar-refractivity contribution in [2.75, 3.05) is 26.2 Å². The van der Waals surface area contributed by atoms with Crippen LogP contribution in [0.25, 0.3) is 0 Å². The number of esters is 1. The highest BCUT2D eigenvalue weighted by Gasteiger charge is 2.30. The molecular formula is C22H25N3O6S. The first-order valence-corrected chi connectivity index (χ1v) is 11.6. The summed E-state index contributed by atoms with van der Waals surface area (Å²) in [6.07, 6.45) is 0.228. The van der Waals surface area contributed by atoms with Crippen LogP contribution in [0.2, 0.25) is 0 Å². The number of hydrogen-bond acceptors (Lipinski definition) is 6. The first-order valence-electron chi connectivity index (χ1n) is 10.2. The van der Waals surface area contributed by atoms with Crippen molar-refractivity contribution in [2.24, 2.45) is 0 Å². The van der Waals surface area contributed by atoms with Gasteiger partial charge in [0, 0.05) is 25.1 Å². The van der Waals surface area contributed by atoms with E-state index in [0.29, 0.717) is 0 Å². The zero-order valence-electron chi connectivity index (χ0n) is 17.6. The van der Waals surface area contributed by atoms with Crippen LogP contribution < -0.4 is 10.6 Å². The summed E-state index contributed by atoms with van der Waals surface area (Å²) in [5, 5.41) is 5.22. The quantitative estimate of drug-likeness (QED) is 0.561. The average molecular weight is 460 g/mol. The smallest absolute Gasteiger partial charge is 0.328 e. The van der Waals surface area contributed by atoms with Crippen molar-refractivity contribution in [3.05, 3.63) is 65.7 Å². The lowest BCUT2D eigenvalue weighted by Gasteiger charge is -2.26. The van der Waals surface area contributed by atoms with Crippen LogP contribution in [-0.4, -0.2) is 62.8 Å². The Balaban J connectivity index is 1.80. The molecule has 1 unspecified atom stereocenters. The molecule has 0 bridgehead atoms. The molecule has 1 saturated heterocycles. The van der Waals surface area contributed by atoms with E-state index in [9.17, 15) is 22.8 Å². The standard InChI is InChI=1S/C22H25N3O6S/c1-2-31-22(28)19(13-16-7-4-3-5-8-16)24-21(27)17-9-6-10-18(14-17)32(29,30)25-12-11-23-20(26)15-25/h3-10,14,19H,2,11-13,15H2,1H3,(H,23,26)(H,24,27). The Kier molecular flexibility index (Phi) is 7.60. The number of nitrogens with zero attached hydrogens (tertiary/aromatic N) is 1. The highest BCUT2D eigenvalue weighted by Crippen LogP contribution is 2.18. The number of hydrogen-bond donors (Lipinski definition) is 2. The Hall–Kier alpha value is -3.24. The molecule has 0 aliphatic carbocycles. The molecule has 170 valence electrons. The number of carbonyl (C=O) groups excluding carboxylic acids is 3. The van der Waals surface area contributed by atoms with Gasteiger partial charge in [-0.3, -0.25) is 9.59 Å². The number of ether oxygens (including phenoxy) is 1. The number of carbonyl (C=O) groups is 3. The number of nitrogens with one attached hydrogen (secondary N) is 2. The molecule has 0 radical (unpaired) electrons. The molecule has 2 aromatic carbocycles. The summed E-state index contributed by atoms with van der Waals surface area (Å²) in [5.41, 5.74) is 0.917. The van der Waals surface area contributed by atoms with E-state index in [2.05, 4.69) is 10.6 Å². The highest BCUT2D eigenvalue weighted by molar-refractivity contribution is 7.89. The number of sulfonamides is 1. The van der Waals surface area contributed by atoms with Crippen molar-refractivity contribution in [1.29, 1.82) is 0 Å². The third kappa shape index (κ3) is 5.71. The lowest BCUT2D eigenvalue weighted by molar-refractivity contribution is -0.145. The Morgan fingerprint density at radius 2 is 1.91 bits per heavy atom. The lowest BCUT2D eigenvalue weighted by atomic mass is 10.1. The van der Waals surface area contributed by atoms with Crippen LogP contribution in [0.5, 0.6) is 0 Å². The van der Waals surface area contributed by atoms with E-state index in [-0.39, 0.29) is 49.0 Å². The molecule has 1 fully saturated rings. The molecule has 0 saturated carbocycles. The van der Waals surface area contributed by atoms with Crippen LogP contribution in [-0.2, 0) is 30.8 Å². The number of rotatable bonds is 8. The van der Waals surface area contributed by atoms with Gasteiger partial charge in [0.05, 0.1) is 18.0 Å². The van der Waals surface area contributed by atoms with Gasteiger partial charge in [-0.05, 0) is 30.7 Å². The molecule has 0 aromatic heterocycles. The predicted octanol–water partition coefficient (Wildman–Crippen LogP) is 0.711. The molecule has 2 N–H and O–H groups in total. The van der Waals surface area contributed by atoms with Crippen LogP contribution >= 0.6 is 0 Å². The van der Waals surface area contributed by atoms with Crippen molar-refractivity contribution < 1.29 is 27.5 Å². The fourth-order valence-electron chi connectivity index (χ4n) is 3.29. The lowest BCUT2D eigenvalue weighted by Crippen LogP contribution is -2.49. The maximum atomic E-state index is 12.9. The van der Waals surface area contributed by atoms with Crippen LogP contribution in [0.4, 0.5) is 0 Å². The maximum absolute atomic E-state index is 12.9. The van der Waals surface area contributed by atoms with Gasteiger partial charge >= 0.3 is 5.97 Å². The van der Waals surface area contributed by atoms with Crippen LogP contribution in [0.15, 0.2) is 59.5 Å². The van der Waals surface area contributed by atoms with Gasteiger partial charge in [-0.15, -0.1) is 0 Å². The minimum absolute atomic E-state index is 0.0786. The van der Waals surface area contributed by atoms with Crippen molar-refractivity contribution in [3.8, 4) is 0 Å². The van der Waals surface area contributed by atoms with E-state index in [1.165, 1.54) is 24.3 Å². The molecule has 10 heteroatoms. The average Bonchev–Trinajstić information content (AvgIpc) is 2.79. The minimum Gasteiger partial charge on any atom is -0.464 e. The van der Waals surface area contributed by atoms with Gasteiger partial charge in [0.15, 0.2) is 0 Å². The molecule has 1 aliphatic rings. The largest absolute Gasteiger partial charge is 0.464 e. The minimum atomic E-state index is -3.95. The molecule has 32 heavy (non-hydrogen) atoms. The first kappa shape index (κ1) is 23.4.